The lowest BCUT2D eigenvalue weighted by atomic mass is 9.94. The van der Waals surface area contributed by atoms with E-state index in [0.717, 1.165) is 18.8 Å². The Bertz CT molecular complexity index is 941. The van der Waals surface area contributed by atoms with Crippen LogP contribution in [0.1, 0.15) is 5.56 Å². The van der Waals surface area contributed by atoms with Crippen molar-refractivity contribution in [3.63, 3.8) is 0 Å². The van der Waals surface area contributed by atoms with E-state index in [1.807, 2.05) is 24.3 Å². The van der Waals surface area contributed by atoms with E-state index in [1.165, 1.54) is 19.2 Å². The second-order valence-corrected chi connectivity index (χ2v) is 7.20. The first-order chi connectivity index (χ1) is 14.6. The molecule has 9 heteroatoms. The monoisotopic (exact) mass is 413 g/mol. The number of carbonyl (C=O) groups is 1. The van der Waals surface area contributed by atoms with Gasteiger partial charge in [-0.25, -0.2) is 0 Å². The summed E-state index contributed by atoms with van der Waals surface area (Å²) >= 11 is 0. The molecule has 1 saturated heterocycles. The second kappa shape index (κ2) is 8.58. The van der Waals surface area contributed by atoms with E-state index < -0.39 is 10.8 Å². The third-order valence-electron chi connectivity index (χ3n) is 5.38. The van der Waals surface area contributed by atoms with Gasteiger partial charge < -0.3 is 24.4 Å². The van der Waals surface area contributed by atoms with Crippen LogP contribution in [0.15, 0.2) is 36.4 Å². The Morgan fingerprint density at radius 2 is 1.93 bits per heavy atom. The Morgan fingerprint density at radius 1 is 1.20 bits per heavy atom. The maximum atomic E-state index is 12.8. The molecule has 0 bridgehead atoms. The molecule has 0 radical (unpaired) electrons. The summed E-state index contributed by atoms with van der Waals surface area (Å²) in [5.41, 5.74) is 2.06. The van der Waals surface area contributed by atoms with Crippen LogP contribution >= 0.6 is 0 Å². The largest absolute Gasteiger partial charge is 0.493 e. The predicted octanol–water partition coefficient (Wildman–Crippen LogP) is 2.63. The fourth-order valence-electron chi connectivity index (χ4n) is 3.76. The minimum absolute atomic E-state index is 0.0711. The minimum Gasteiger partial charge on any atom is -0.493 e. The molecule has 1 N–H and O–H groups in total. The van der Waals surface area contributed by atoms with Crippen molar-refractivity contribution in [3.8, 4) is 11.5 Å². The highest BCUT2D eigenvalue weighted by molar-refractivity contribution is 5.93. The first kappa shape index (κ1) is 20.0. The molecule has 2 aliphatic rings. The van der Waals surface area contributed by atoms with Gasteiger partial charge in [-0.05, 0) is 36.8 Å². The van der Waals surface area contributed by atoms with Gasteiger partial charge in [0, 0.05) is 30.5 Å². The molecule has 158 valence electrons. The van der Waals surface area contributed by atoms with E-state index in [1.54, 1.807) is 0 Å². The molecule has 1 amide bonds. The number of nitrogens with zero attached hydrogens (tertiary/aromatic N) is 2. The van der Waals surface area contributed by atoms with Gasteiger partial charge in [0.1, 0.15) is 6.61 Å². The number of ether oxygens (including phenoxy) is 3. The summed E-state index contributed by atoms with van der Waals surface area (Å²) in [6.07, 6.45) is 0.209. The van der Waals surface area contributed by atoms with Crippen LogP contribution in [0, 0.1) is 16.0 Å². The maximum Gasteiger partial charge on any atom is 0.276 e. The number of anilines is 2. The molecule has 2 aliphatic heterocycles. The van der Waals surface area contributed by atoms with Crippen LogP contribution in [0.25, 0.3) is 0 Å². The summed E-state index contributed by atoms with van der Waals surface area (Å²) < 4.78 is 16.3. The Hall–Kier alpha value is -3.33. The molecule has 1 fully saturated rings. The second-order valence-electron chi connectivity index (χ2n) is 7.20. The molecule has 9 nitrogen and oxygen atoms in total. The minimum atomic E-state index is -0.540. The zero-order valence-electron chi connectivity index (χ0n) is 16.6. The summed E-state index contributed by atoms with van der Waals surface area (Å²) in [5.74, 6) is -0.0158. The van der Waals surface area contributed by atoms with Crippen molar-refractivity contribution in [2.24, 2.45) is 5.92 Å². The molecule has 2 aromatic carbocycles. The van der Waals surface area contributed by atoms with Crippen molar-refractivity contribution in [3.05, 3.63) is 52.1 Å². The number of carbonyl (C=O) groups excluding carboxylic acids is 1. The first-order valence-corrected chi connectivity index (χ1v) is 9.77. The Labute approximate surface area is 173 Å². The number of benzene rings is 2. The van der Waals surface area contributed by atoms with Gasteiger partial charge in [-0.15, -0.1) is 0 Å². The highest BCUT2D eigenvalue weighted by Gasteiger charge is 2.33. The van der Waals surface area contributed by atoms with Crippen LogP contribution in [0.2, 0.25) is 0 Å². The van der Waals surface area contributed by atoms with E-state index in [9.17, 15) is 14.9 Å². The van der Waals surface area contributed by atoms with Crippen LogP contribution in [0.3, 0.4) is 0 Å². The van der Waals surface area contributed by atoms with Crippen molar-refractivity contribution in [1.29, 1.82) is 0 Å². The van der Waals surface area contributed by atoms with E-state index in [0.29, 0.717) is 36.0 Å². The number of amides is 1. The van der Waals surface area contributed by atoms with Crippen molar-refractivity contribution in [2.45, 2.75) is 6.42 Å². The third-order valence-corrected chi connectivity index (χ3v) is 5.38. The summed E-state index contributed by atoms with van der Waals surface area (Å²) in [6.45, 7) is 3.22. The molecular weight excluding hydrogens is 390 g/mol. The number of rotatable bonds is 5. The first-order valence-electron chi connectivity index (χ1n) is 9.77. The Kier molecular flexibility index (Phi) is 5.71. The summed E-state index contributed by atoms with van der Waals surface area (Å²) in [4.78, 5) is 25.9. The van der Waals surface area contributed by atoms with Crippen LogP contribution in [-0.2, 0) is 16.0 Å². The molecule has 1 unspecified atom stereocenters. The van der Waals surface area contributed by atoms with Gasteiger partial charge in [-0.3, -0.25) is 14.9 Å². The van der Waals surface area contributed by atoms with Crippen molar-refractivity contribution in [1.82, 2.24) is 0 Å². The Morgan fingerprint density at radius 3 is 2.60 bits per heavy atom. The van der Waals surface area contributed by atoms with E-state index in [4.69, 9.17) is 14.2 Å². The fraction of sp³-hybridized carbons (Fsp3) is 0.381. The number of nitro benzene ring substituents is 1. The average molecular weight is 413 g/mol. The molecule has 0 saturated carbocycles. The van der Waals surface area contributed by atoms with Gasteiger partial charge in [0.25, 0.3) is 5.69 Å². The zero-order valence-corrected chi connectivity index (χ0v) is 16.6. The number of fused-ring (bicyclic) bond motifs is 1. The zero-order chi connectivity index (χ0) is 21.1. The van der Waals surface area contributed by atoms with Gasteiger partial charge in [0.05, 0.1) is 36.7 Å². The Balaban J connectivity index is 1.46. The maximum absolute atomic E-state index is 12.8. The van der Waals surface area contributed by atoms with Gasteiger partial charge in [0.2, 0.25) is 5.91 Å². The standard InChI is InChI=1S/C21H23N3O6/c1-28-19-7-6-18(24(26)27)17-12-14(13-30-20(17)19)21(25)22-15-2-4-16(5-3-15)23-8-10-29-11-9-23/h2-7,14H,8-13H2,1H3,(H,22,25). The molecule has 2 aromatic rings. The van der Waals surface area contributed by atoms with E-state index in [-0.39, 0.29) is 24.6 Å². The highest BCUT2D eigenvalue weighted by Crippen LogP contribution is 2.41. The highest BCUT2D eigenvalue weighted by atomic mass is 16.6. The van der Waals surface area contributed by atoms with E-state index >= 15 is 0 Å². The number of nitro groups is 1. The number of morpholine rings is 1. The summed E-state index contributed by atoms with van der Waals surface area (Å²) in [7, 11) is 1.48. The average Bonchev–Trinajstić information content (AvgIpc) is 2.78. The van der Waals surface area contributed by atoms with Crippen LogP contribution in [0.5, 0.6) is 11.5 Å². The molecule has 0 spiro atoms. The molecular formula is C21H23N3O6. The smallest absolute Gasteiger partial charge is 0.276 e. The topological polar surface area (TPSA) is 103 Å². The molecule has 4 rings (SSSR count). The van der Waals surface area contributed by atoms with Crippen molar-refractivity contribution < 1.29 is 23.9 Å². The van der Waals surface area contributed by atoms with Crippen molar-refractivity contribution >= 4 is 23.0 Å². The van der Waals surface area contributed by atoms with Gasteiger partial charge >= 0.3 is 0 Å². The van der Waals surface area contributed by atoms with Gasteiger partial charge in [-0.2, -0.15) is 0 Å². The number of hydrogen-bond donors (Lipinski definition) is 1. The van der Waals surface area contributed by atoms with Crippen LogP contribution < -0.4 is 19.7 Å². The lowest BCUT2D eigenvalue weighted by Crippen LogP contribution is -2.36. The number of nitrogens with one attached hydrogen (secondary N) is 1. The molecule has 0 aliphatic carbocycles. The molecule has 2 heterocycles. The predicted molar refractivity (Wildman–Crippen MR) is 110 cm³/mol. The van der Waals surface area contributed by atoms with Crippen LogP contribution in [-0.4, -0.2) is 50.9 Å². The third kappa shape index (κ3) is 4.02. The summed E-state index contributed by atoms with van der Waals surface area (Å²) in [5, 5.41) is 14.3. The molecule has 1 atom stereocenters. The number of methoxy groups -OCH3 is 1. The lowest BCUT2D eigenvalue weighted by Gasteiger charge is -2.29. The number of hydrogen-bond acceptors (Lipinski definition) is 7. The normalized spacial score (nSPS) is 18.2. The van der Waals surface area contributed by atoms with Gasteiger partial charge in [0.15, 0.2) is 11.5 Å². The molecule has 30 heavy (non-hydrogen) atoms. The van der Waals surface area contributed by atoms with Crippen LogP contribution in [0.4, 0.5) is 17.1 Å². The quantitative estimate of drug-likeness (QED) is 0.594. The SMILES string of the molecule is COc1ccc([N+](=O)[O-])c2c1OCC(C(=O)Nc1ccc(N3CCOCC3)cc1)C2. The van der Waals surface area contributed by atoms with E-state index in [2.05, 4.69) is 10.2 Å². The summed E-state index contributed by atoms with van der Waals surface area (Å²) in [6, 6.07) is 10.5. The fourth-order valence-corrected chi connectivity index (χ4v) is 3.76. The van der Waals surface area contributed by atoms with Crippen molar-refractivity contribution in [2.75, 3.05) is 50.2 Å². The lowest BCUT2D eigenvalue weighted by molar-refractivity contribution is -0.385. The van der Waals surface area contributed by atoms with Gasteiger partial charge in [-0.1, -0.05) is 0 Å². The molecule has 0 aromatic heterocycles.